The zero-order valence-electron chi connectivity index (χ0n) is 21.2. The standard InChI is InChI=1S/C28H31N5O3S/c1-18-11-27-21(15-30-18)12-25(28(17-34)32(27)2)24-13-22(8-7-19(24)14-29)31-26-6-4-5-20-16-33(37(3,35)36)10-9-23(20)26/h4-8,11-13,15,17,28,31H,9-10,14,16,29H2,1-3H3. The molecule has 0 saturated heterocycles. The minimum Gasteiger partial charge on any atom is -0.360 e. The predicted octanol–water partition coefficient (Wildman–Crippen LogP) is 3.47. The number of carbonyl (C=O) groups excluding carboxylic acids is 1. The highest BCUT2D eigenvalue weighted by molar-refractivity contribution is 7.88. The third-order valence-corrected chi connectivity index (χ3v) is 8.47. The number of fused-ring (bicyclic) bond motifs is 2. The number of aromatic nitrogens is 1. The van der Waals surface area contributed by atoms with Crippen LogP contribution in [-0.2, 0) is 34.3 Å². The van der Waals surface area contributed by atoms with Gasteiger partial charge in [-0.1, -0.05) is 18.2 Å². The normalized spacial score (nSPS) is 17.6. The van der Waals surface area contributed by atoms with Crippen molar-refractivity contribution in [3.63, 3.8) is 0 Å². The van der Waals surface area contributed by atoms with Crippen molar-refractivity contribution in [3.05, 3.63) is 82.2 Å². The molecule has 0 bridgehead atoms. The second-order valence-electron chi connectivity index (χ2n) is 9.67. The van der Waals surface area contributed by atoms with E-state index in [0.717, 1.165) is 62.4 Å². The van der Waals surface area contributed by atoms with Gasteiger partial charge in [0.2, 0.25) is 10.0 Å². The maximum atomic E-state index is 12.3. The Bertz CT molecular complexity index is 1520. The van der Waals surface area contributed by atoms with Gasteiger partial charge in [-0.3, -0.25) is 4.98 Å². The molecule has 2 aliphatic heterocycles. The van der Waals surface area contributed by atoms with E-state index in [4.69, 9.17) is 5.73 Å². The van der Waals surface area contributed by atoms with Crippen LogP contribution in [0, 0.1) is 6.92 Å². The van der Waals surface area contributed by atoms with Gasteiger partial charge in [-0.25, -0.2) is 8.42 Å². The Morgan fingerprint density at radius 3 is 2.76 bits per heavy atom. The Labute approximate surface area is 217 Å². The average Bonchev–Trinajstić information content (AvgIpc) is 2.88. The van der Waals surface area contributed by atoms with Gasteiger partial charge >= 0.3 is 0 Å². The number of nitrogens with one attached hydrogen (secondary N) is 1. The van der Waals surface area contributed by atoms with E-state index in [2.05, 4.69) is 10.3 Å². The Morgan fingerprint density at radius 1 is 1.22 bits per heavy atom. The molecule has 9 heteroatoms. The zero-order valence-corrected chi connectivity index (χ0v) is 22.0. The molecule has 2 aromatic carbocycles. The summed E-state index contributed by atoms with van der Waals surface area (Å²) in [4.78, 5) is 18.7. The molecule has 0 fully saturated rings. The van der Waals surface area contributed by atoms with Gasteiger partial charge in [0.25, 0.3) is 0 Å². The Kier molecular flexibility index (Phi) is 6.61. The number of pyridine rings is 1. The molecule has 0 amide bonds. The van der Waals surface area contributed by atoms with Crippen LogP contribution < -0.4 is 16.0 Å². The molecule has 3 aromatic rings. The van der Waals surface area contributed by atoms with Crippen LogP contribution >= 0.6 is 0 Å². The molecule has 5 rings (SSSR count). The van der Waals surface area contributed by atoms with Gasteiger partial charge in [0, 0.05) is 61.2 Å². The van der Waals surface area contributed by atoms with Crippen LogP contribution in [0.3, 0.4) is 0 Å². The van der Waals surface area contributed by atoms with Gasteiger partial charge in [0.05, 0.1) is 6.26 Å². The molecule has 2 aliphatic rings. The minimum atomic E-state index is -3.24. The fraction of sp³-hybridized carbons (Fsp3) is 0.286. The van der Waals surface area contributed by atoms with Crippen molar-refractivity contribution < 1.29 is 13.2 Å². The van der Waals surface area contributed by atoms with E-state index in [0.29, 0.717) is 26.1 Å². The van der Waals surface area contributed by atoms with E-state index in [1.165, 1.54) is 10.6 Å². The van der Waals surface area contributed by atoms with Crippen LogP contribution in [0.25, 0.3) is 11.6 Å². The first-order valence-corrected chi connectivity index (χ1v) is 14.1. The number of anilines is 3. The second kappa shape index (κ2) is 9.74. The summed E-state index contributed by atoms with van der Waals surface area (Å²) >= 11 is 0. The van der Waals surface area contributed by atoms with Gasteiger partial charge in [0.15, 0.2) is 0 Å². The average molecular weight is 518 g/mol. The van der Waals surface area contributed by atoms with Gasteiger partial charge in [-0.05, 0) is 71.5 Å². The first kappa shape index (κ1) is 25.1. The van der Waals surface area contributed by atoms with Crippen molar-refractivity contribution in [2.45, 2.75) is 32.5 Å². The lowest BCUT2D eigenvalue weighted by Crippen LogP contribution is -2.37. The van der Waals surface area contributed by atoms with E-state index in [-0.39, 0.29) is 0 Å². The third-order valence-electron chi connectivity index (χ3n) is 7.22. The molecule has 37 heavy (non-hydrogen) atoms. The fourth-order valence-electron chi connectivity index (χ4n) is 5.23. The van der Waals surface area contributed by atoms with Gasteiger partial charge in [-0.15, -0.1) is 0 Å². The van der Waals surface area contributed by atoms with Crippen LogP contribution in [-0.4, -0.2) is 49.9 Å². The van der Waals surface area contributed by atoms with E-state index in [1.54, 1.807) is 0 Å². The lowest BCUT2D eigenvalue weighted by molar-refractivity contribution is -0.107. The van der Waals surface area contributed by atoms with E-state index < -0.39 is 16.1 Å². The summed E-state index contributed by atoms with van der Waals surface area (Å²) in [6.45, 7) is 3.10. The summed E-state index contributed by atoms with van der Waals surface area (Å²) < 4.78 is 25.6. The van der Waals surface area contributed by atoms with Crippen molar-refractivity contribution in [1.29, 1.82) is 0 Å². The van der Waals surface area contributed by atoms with Gasteiger partial charge in [-0.2, -0.15) is 4.31 Å². The number of hydrogen-bond donors (Lipinski definition) is 2. The van der Waals surface area contributed by atoms with E-state index in [1.807, 2.05) is 73.6 Å². The Balaban J connectivity index is 1.53. The van der Waals surface area contributed by atoms with Crippen molar-refractivity contribution in [1.82, 2.24) is 9.29 Å². The minimum absolute atomic E-state index is 0.337. The molecule has 0 saturated carbocycles. The highest BCUT2D eigenvalue weighted by Gasteiger charge is 2.29. The third kappa shape index (κ3) is 4.77. The lowest BCUT2D eigenvalue weighted by Gasteiger charge is -2.34. The van der Waals surface area contributed by atoms with Crippen LogP contribution in [0.15, 0.2) is 48.7 Å². The molecule has 3 N–H and O–H groups in total. The molecule has 0 spiro atoms. The number of nitrogens with two attached hydrogens (primary N) is 1. The number of rotatable bonds is 6. The molecule has 3 heterocycles. The number of aldehydes is 1. The predicted molar refractivity (Wildman–Crippen MR) is 148 cm³/mol. The summed E-state index contributed by atoms with van der Waals surface area (Å²) in [5, 5.41) is 3.54. The smallest absolute Gasteiger partial charge is 0.211 e. The first-order valence-electron chi connectivity index (χ1n) is 12.2. The lowest BCUT2D eigenvalue weighted by atomic mass is 9.88. The zero-order chi connectivity index (χ0) is 26.3. The van der Waals surface area contributed by atoms with Crippen LogP contribution in [0.4, 0.5) is 17.1 Å². The van der Waals surface area contributed by atoms with Crippen molar-refractivity contribution in [3.8, 4) is 0 Å². The molecule has 0 radical (unpaired) electrons. The summed E-state index contributed by atoms with van der Waals surface area (Å²) in [5.74, 6) is 0. The van der Waals surface area contributed by atoms with Crippen molar-refractivity contribution in [2.24, 2.45) is 5.73 Å². The number of hydrogen-bond acceptors (Lipinski definition) is 7. The quantitative estimate of drug-likeness (QED) is 0.482. The summed E-state index contributed by atoms with van der Waals surface area (Å²) in [6.07, 6.45) is 6.71. The Hall–Kier alpha value is -3.53. The maximum Gasteiger partial charge on any atom is 0.211 e. The molecule has 0 aliphatic carbocycles. The van der Waals surface area contributed by atoms with E-state index >= 15 is 0 Å². The highest BCUT2D eigenvalue weighted by Crippen LogP contribution is 2.38. The number of benzene rings is 2. The summed E-state index contributed by atoms with van der Waals surface area (Å²) in [5.41, 5.74) is 15.6. The molecule has 1 unspecified atom stereocenters. The first-order chi connectivity index (χ1) is 17.7. The van der Waals surface area contributed by atoms with Crippen LogP contribution in [0.5, 0.6) is 0 Å². The molecule has 8 nitrogen and oxygen atoms in total. The number of sulfonamides is 1. The number of likely N-dealkylation sites (N-methyl/N-ethyl adjacent to an activating group) is 1. The van der Waals surface area contributed by atoms with Crippen molar-refractivity contribution in [2.75, 3.05) is 30.1 Å². The van der Waals surface area contributed by atoms with E-state index in [9.17, 15) is 13.2 Å². The van der Waals surface area contributed by atoms with Crippen molar-refractivity contribution >= 4 is 45.0 Å². The molecule has 1 atom stereocenters. The second-order valence-corrected chi connectivity index (χ2v) is 11.6. The highest BCUT2D eigenvalue weighted by atomic mass is 32.2. The van der Waals surface area contributed by atoms with Gasteiger partial charge < -0.3 is 20.7 Å². The molecule has 1 aromatic heterocycles. The molecular weight excluding hydrogens is 486 g/mol. The SMILES string of the molecule is Cc1cc2c(cn1)C=C(c1cc(Nc3cccc4c3CCN(S(C)(=O)=O)C4)ccc1CN)C(C=O)N2C. The number of carbonyl (C=O) groups is 1. The topological polar surface area (TPSA) is 109 Å². The molecular formula is C28H31N5O3S. The molecule has 192 valence electrons. The Morgan fingerprint density at radius 2 is 2.03 bits per heavy atom. The summed E-state index contributed by atoms with van der Waals surface area (Å²) in [6, 6.07) is 13.5. The van der Waals surface area contributed by atoms with Crippen LogP contribution in [0.2, 0.25) is 0 Å². The largest absolute Gasteiger partial charge is 0.360 e. The maximum absolute atomic E-state index is 12.3. The fourth-order valence-corrected chi connectivity index (χ4v) is 6.02. The number of aryl methyl sites for hydroxylation is 1. The van der Waals surface area contributed by atoms with Crippen LogP contribution in [0.1, 0.15) is 33.5 Å². The number of nitrogens with zero attached hydrogens (tertiary/aromatic N) is 3. The van der Waals surface area contributed by atoms with Gasteiger partial charge in [0.1, 0.15) is 12.3 Å². The monoisotopic (exact) mass is 517 g/mol. The summed E-state index contributed by atoms with van der Waals surface area (Å²) in [7, 11) is -1.32.